The molecule has 0 aliphatic heterocycles. The van der Waals surface area contributed by atoms with Gasteiger partial charge in [0, 0.05) is 0 Å². The Kier molecular flexibility index (Phi) is 6.93. The van der Waals surface area contributed by atoms with E-state index in [4.69, 9.17) is 12.3 Å². The molecule has 2 N–H and O–H groups in total. The summed E-state index contributed by atoms with van der Waals surface area (Å²) in [5.41, 5.74) is 7.57. The van der Waals surface area contributed by atoms with Gasteiger partial charge in [-0.3, -0.25) is 0 Å². The first-order valence-electron chi connectivity index (χ1n) is 6.63. The number of thiophene rings is 1. The molecule has 0 saturated heterocycles. The van der Waals surface area contributed by atoms with Gasteiger partial charge in [-0.1, -0.05) is 13.8 Å². The molecule has 0 atom stereocenters. The molecule has 2 rings (SSSR count). The zero-order valence-electron chi connectivity index (χ0n) is 12.3. The first-order valence-corrected chi connectivity index (χ1v) is 8.92. The van der Waals surface area contributed by atoms with E-state index < -0.39 is 5.91 Å². The second kappa shape index (κ2) is 8.21. The number of carbonyl (C=O) groups is 1. The first-order chi connectivity index (χ1) is 10.0. The van der Waals surface area contributed by atoms with Crippen molar-refractivity contribution in [1.82, 2.24) is 0 Å². The number of primary amides is 1. The fourth-order valence-electron chi connectivity index (χ4n) is 1.71. The van der Waals surface area contributed by atoms with Gasteiger partial charge in [0.05, 0.1) is 0 Å². The van der Waals surface area contributed by atoms with Crippen molar-refractivity contribution in [2.24, 2.45) is 5.73 Å². The molecule has 1 amide bonds. The number of amides is 1. The van der Waals surface area contributed by atoms with Gasteiger partial charge in [0.2, 0.25) is 0 Å². The molecule has 21 heavy (non-hydrogen) atoms. The van der Waals surface area contributed by atoms with E-state index in [-0.39, 0.29) is 5.57 Å². The molecule has 0 aliphatic carbocycles. The van der Waals surface area contributed by atoms with Crippen LogP contribution in [0.2, 0.25) is 0 Å². The van der Waals surface area contributed by atoms with Crippen molar-refractivity contribution in [2.75, 3.05) is 0 Å². The van der Waals surface area contributed by atoms with Crippen molar-refractivity contribution in [2.45, 2.75) is 20.8 Å². The average Bonchev–Trinajstić information content (AvgIpc) is 2.94. The van der Waals surface area contributed by atoms with Crippen molar-refractivity contribution < 1.29 is 24.1 Å². The van der Waals surface area contributed by atoms with Gasteiger partial charge < -0.3 is 0 Å². The second-order valence-electron chi connectivity index (χ2n) is 4.05. The molecule has 0 aliphatic rings. The Morgan fingerprint density at radius 3 is 2.29 bits per heavy atom. The van der Waals surface area contributed by atoms with E-state index in [1.54, 1.807) is 0 Å². The number of rotatable bonds is 4. The predicted octanol–water partition coefficient (Wildman–Crippen LogP) is 3.83. The Morgan fingerprint density at radius 1 is 1.24 bits per heavy atom. The second-order valence-corrected chi connectivity index (χ2v) is 7.31. The first kappa shape index (κ1) is 17.7. The molecule has 1 heterocycles. The van der Waals surface area contributed by atoms with Crippen molar-refractivity contribution in [1.29, 1.82) is 0 Å². The fourth-order valence-corrected chi connectivity index (χ4v) is 3.73. The summed E-state index contributed by atoms with van der Waals surface area (Å²) in [4.78, 5) is 13.2. The third-order valence-electron chi connectivity index (χ3n) is 2.68. The van der Waals surface area contributed by atoms with E-state index in [1.165, 1.54) is 34.6 Å². The van der Waals surface area contributed by atoms with Crippen LogP contribution in [0, 0.1) is 6.58 Å². The average molecular weight is 468 g/mol. The minimum absolute atomic E-state index is 0.141. The number of hydrogen-bond acceptors (Lipinski definition) is 2. The summed E-state index contributed by atoms with van der Waals surface area (Å²) in [6.45, 7) is 11.8. The molecule has 0 spiro atoms. The van der Waals surface area contributed by atoms with Crippen LogP contribution in [-0.4, -0.2) is 9.81 Å². The maximum absolute atomic E-state index is 11.3. The van der Waals surface area contributed by atoms with Crippen molar-refractivity contribution in [3.63, 3.8) is 0 Å². The van der Waals surface area contributed by atoms with Crippen LogP contribution in [0.25, 0.3) is 16.0 Å². The van der Waals surface area contributed by atoms with Crippen LogP contribution in [0.3, 0.4) is 0 Å². The van der Waals surface area contributed by atoms with Crippen LogP contribution in [0.4, 0.5) is 0 Å². The van der Waals surface area contributed by atoms with E-state index >= 15 is 0 Å². The topological polar surface area (TPSA) is 43.1 Å². The molecule has 0 bridgehead atoms. The summed E-state index contributed by atoms with van der Waals surface area (Å²) in [6, 6.07) is 12.1. The molecule has 110 valence electrons. The third-order valence-corrected chi connectivity index (χ3v) is 4.69. The molecular weight excluding hydrogens is 450 g/mol. The van der Waals surface area contributed by atoms with Crippen LogP contribution in [0.15, 0.2) is 36.4 Å². The Balaban J connectivity index is 0.00000106. The normalized spacial score (nSPS) is 9.48. The van der Waals surface area contributed by atoms with Crippen LogP contribution in [0.1, 0.15) is 31.2 Å². The Hall–Kier alpha value is -1.31. The van der Waals surface area contributed by atoms with Gasteiger partial charge >= 0.3 is 127 Å². The molecule has 1 aromatic heterocycles. The standard InChI is InChI=1S/C15H12NOS.C2H6.W/c1-3-11-9-13(12-7-5-4-6-8-12)18-14(11)10(2)15(16)17;1-2;/h2,4-9H,1H3,(H2,16,17);1-2H3;/q-1;;. The van der Waals surface area contributed by atoms with E-state index in [0.29, 0.717) is 0 Å². The van der Waals surface area contributed by atoms with Crippen molar-refractivity contribution >= 4 is 26.7 Å². The van der Waals surface area contributed by atoms with Gasteiger partial charge in [-0.25, -0.2) is 0 Å². The van der Waals surface area contributed by atoms with Crippen LogP contribution >= 0.6 is 11.3 Å². The zero-order valence-corrected chi connectivity index (χ0v) is 16.1. The molecule has 1 aromatic carbocycles. The monoisotopic (exact) mass is 468 g/mol. The maximum atomic E-state index is 11.3. The number of hydrogen-bond donors (Lipinski definition) is 1. The molecule has 2 aromatic rings. The van der Waals surface area contributed by atoms with Gasteiger partial charge in [0.1, 0.15) is 0 Å². The summed E-state index contributed by atoms with van der Waals surface area (Å²) in [5, 5.41) is 0. The van der Waals surface area contributed by atoms with E-state index in [1.807, 2.05) is 51.1 Å². The molecule has 4 heteroatoms. The minimum atomic E-state index is -0.570. The molecule has 0 radical (unpaired) electrons. The fraction of sp³-hybridized carbons (Fsp3) is 0.176. The number of benzene rings is 1. The quantitative estimate of drug-likeness (QED) is 0.538. The van der Waals surface area contributed by atoms with Gasteiger partial charge in [0.15, 0.2) is 0 Å². The van der Waals surface area contributed by atoms with Crippen molar-refractivity contribution in [3.8, 4) is 10.4 Å². The van der Waals surface area contributed by atoms with Crippen LogP contribution in [-0.2, 0) is 24.1 Å². The molecule has 0 unspecified atom stereocenters. The third kappa shape index (κ3) is 4.33. The molecular formula is C17H18NOSW-. The van der Waals surface area contributed by atoms with Crippen LogP contribution in [0.5, 0.6) is 0 Å². The Labute approximate surface area is 141 Å². The van der Waals surface area contributed by atoms with E-state index in [9.17, 15) is 4.79 Å². The number of carbonyl (C=O) groups excluding carboxylic acids is 1. The van der Waals surface area contributed by atoms with Crippen molar-refractivity contribution in [3.05, 3.63) is 53.4 Å². The summed E-state index contributed by atoms with van der Waals surface area (Å²) in [7, 11) is 0. The Morgan fingerprint density at radius 2 is 1.81 bits per heavy atom. The van der Waals surface area contributed by atoms with Gasteiger partial charge in [0.25, 0.3) is 0 Å². The zero-order chi connectivity index (χ0) is 16.0. The molecule has 0 saturated carbocycles. The molecule has 0 fully saturated rings. The number of nitrogens with two attached hydrogens (primary N) is 1. The Bertz CT molecular complexity index is 659. The summed E-state index contributed by atoms with van der Waals surface area (Å²) in [5.74, 6) is -0.570. The predicted molar refractivity (Wildman–Crippen MR) is 87.8 cm³/mol. The van der Waals surface area contributed by atoms with E-state index in [0.717, 1.165) is 20.9 Å². The van der Waals surface area contributed by atoms with Crippen LogP contribution < -0.4 is 5.73 Å². The van der Waals surface area contributed by atoms with Gasteiger partial charge in [-0.15, -0.1) is 0 Å². The summed E-state index contributed by atoms with van der Waals surface area (Å²) < 4.78 is 1.19. The summed E-state index contributed by atoms with van der Waals surface area (Å²) in [6.07, 6.45) is 0. The molecule has 2 nitrogen and oxygen atoms in total. The van der Waals surface area contributed by atoms with Gasteiger partial charge in [-0.05, 0) is 0 Å². The SMILES string of the molecule is CC.[CH-]=C(C(N)=O)c1sc(-c2ccccc2)cc1[C](C)=[W]. The summed E-state index contributed by atoms with van der Waals surface area (Å²) >= 11 is 2.86. The van der Waals surface area contributed by atoms with Gasteiger partial charge in [-0.2, -0.15) is 0 Å². The van der Waals surface area contributed by atoms with E-state index in [2.05, 4.69) is 6.07 Å².